The van der Waals surface area contributed by atoms with Gasteiger partial charge in [-0.1, -0.05) is 0 Å². The van der Waals surface area contributed by atoms with Crippen molar-refractivity contribution in [2.75, 3.05) is 5.32 Å². The normalized spacial score (nSPS) is 10.3. The van der Waals surface area contributed by atoms with E-state index in [2.05, 4.69) is 5.32 Å². The number of thiophene rings is 1. The molecule has 0 aliphatic carbocycles. The van der Waals surface area contributed by atoms with Gasteiger partial charge in [-0.15, -0.1) is 0 Å². The molecule has 0 bridgehead atoms. The van der Waals surface area contributed by atoms with Crippen LogP contribution in [0.4, 0.5) is 5.69 Å². The predicted molar refractivity (Wildman–Crippen MR) is 73.0 cm³/mol. The first-order chi connectivity index (χ1) is 8.65. The molecule has 1 amide bonds. The number of amides is 1. The Hall–Kier alpha value is -1.88. The second kappa shape index (κ2) is 5.64. The van der Waals surface area contributed by atoms with Crippen LogP contribution in [0.2, 0.25) is 0 Å². The maximum absolute atomic E-state index is 11.7. The average molecular weight is 262 g/mol. The number of carbonyl (C=O) groups is 1. The molecule has 0 aromatic carbocycles. The molecule has 0 saturated heterocycles. The molecular formula is C13H14N2O2S. The van der Waals surface area contributed by atoms with E-state index in [1.54, 1.807) is 30.6 Å². The molecule has 94 valence electrons. The molecule has 0 spiro atoms. The largest absolute Gasteiger partial charge is 0.325 e. The minimum atomic E-state index is -0.0914. The third kappa shape index (κ3) is 3.30. The van der Waals surface area contributed by atoms with Gasteiger partial charge in [0.25, 0.3) is 0 Å². The molecule has 2 heterocycles. The number of aromatic nitrogens is 1. The number of anilines is 1. The molecule has 0 aliphatic rings. The van der Waals surface area contributed by atoms with E-state index in [1.165, 1.54) is 16.2 Å². The summed E-state index contributed by atoms with van der Waals surface area (Å²) in [6.07, 6.45) is 2.80. The van der Waals surface area contributed by atoms with Crippen molar-refractivity contribution in [3.63, 3.8) is 0 Å². The molecular weight excluding hydrogens is 248 g/mol. The van der Waals surface area contributed by atoms with Crippen LogP contribution in [-0.2, 0) is 18.3 Å². The average Bonchev–Trinajstić information content (AvgIpc) is 2.84. The van der Waals surface area contributed by atoms with E-state index in [0.29, 0.717) is 12.1 Å². The quantitative estimate of drug-likeness (QED) is 0.916. The van der Waals surface area contributed by atoms with Crippen molar-refractivity contribution in [2.24, 2.45) is 7.05 Å². The molecule has 4 nitrogen and oxygen atoms in total. The van der Waals surface area contributed by atoms with Gasteiger partial charge in [-0.05, 0) is 34.9 Å². The standard InChI is InChI=1S/C13H14N2O2S/c1-15-8-11(3-5-13(15)17)14-12(16)4-2-10-6-7-18-9-10/h3,5-9H,2,4H2,1H3,(H,14,16). The second-order valence-electron chi connectivity index (χ2n) is 4.05. The highest BCUT2D eigenvalue weighted by molar-refractivity contribution is 7.07. The van der Waals surface area contributed by atoms with Crippen LogP contribution in [0, 0.1) is 0 Å². The van der Waals surface area contributed by atoms with Gasteiger partial charge in [-0.2, -0.15) is 11.3 Å². The summed E-state index contributed by atoms with van der Waals surface area (Å²) in [5.74, 6) is -0.0418. The van der Waals surface area contributed by atoms with Crippen LogP contribution in [0.3, 0.4) is 0 Å². The zero-order valence-corrected chi connectivity index (χ0v) is 10.9. The Bertz CT molecular complexity index is 587. The van der Waals surface area contributed by atoms with Crippen LogP contribution in [-0.4, -0.2) is 10.5 Å². The maximum Gasteiger partial charge on any atom is 0.250 e. The molecule has 1 N–H and O–H groups in total. The lowest BCUT2D eigenvalue weighted by atomic mass is 10.2. The van der Waals surface area contributed by atoms with Crippen LogP contribution < -0.4 is 10.9 Å². The van der Waals surface area contributed by atoms with Crippen LogP contribution in [0.15, 0.2) is 40.0 Å². The van der Waals surface area contributed by atoms with Crippen molar-refractivity contribution in [2.45, 2.75) is 12.8 Å². The van der Waals surface area contributed by atoms with Crippen LogP contribution in [0.1, 0.15) is 12.0 Å². The van der Waals surface area contributed by atoms with Gasteiger partial charge in [0, 0.05) is 25.7 Å². The molecule has 0 atom stereocenters. The van der Waals surface area contributed by atoms with Crippen LogP contribution in [0.5, 0.6) is 0 Å². The molecule has 2 aromatic heterocycles. The Morgan fingerprint density at radius 1 is 1.39 bits per heavy atom. The van der Waals surface area contributed by atoms with Crippen LogP contribution in [0.25, 0.3) is 0 Å². The summed E-state index contributed by atoms with van der Waals surface area (Å²) >= 11 is 1.63. The molecule has 0 radical (unpaired) electrons. The van der Waals surface area contributed by atoms with Gasteiger partial charge in [0.05, 0.1) is 5.69 Å². The summed E-state index contributed by atoms with van der Waals surface area (Å²) in [4.78, 5) is 22.9. The molecule has 0 aliphatic heterocycles. The predicted octanol–water partition coefficient (Wildman–Crippen LogP) is 2.02. The maximum atomic E-state index is 11.7. The number of rotatable bonds is 4. The lowest BCUT2D eigenvalue weighted by Crippen LogP contribution is -2.18. The van der Waals surface area contributed by atoms with Gasteiger partial charge in [-0.25, -0.2) is 0 Å². The Balaban J connectivity index is 1.90. The van der Waals surface area contributed by atoms with Crippen molar-refractivity contribution in [1.82, 2.24) is 4.57 Å². The number of hydrogen-bond donors (Lipinski definition) is 1. The van der Waals surface area contributed by atoms with Gasteiger partial charge >= 0.3 is 0 Å². The Morgan fingerprint density at radius 3 is 2.89 bits per heavy atom. The first-order valence-electron chi connectivity index (χ1n) is 5.63. The van der Waals surface area contributed by atoms with Gasteiger partial charge in [0.1, 0.15) is 0 Å². The highest BCUT2D eigenvalue weighted by atomic mass is 32.1. The van der Waals surface area contributed by atoms with Gasteiger partial charge in [-0.3, -0.25) is 9.59 Å². The lowest BCUT2D eigenvalue weighted by molar-refractivity contribution is -0.116. The monoisotopic (exact) mass is 262 g/mol. The molecule has 0 unspecified atom stereocenters. The first kappa shape index (κ1) is 12.6. The summed E-state index contributed by atoms with van der Waals surface area (Å²) in [5.41, 5.74) is 1.73. The fourth-order valence-electron chi connectivity index (χ4n) is 1.58. The number of pyridine rings is 1. The first-order valence-corrected chi connectivity index (χ1v) is 6.57. The van der Waals surface area contributed by atoms with Crippen LogP contribution >= 0.6 is 11.3 Å². The van der Waals surface area contributed by atoms with E-state index < -0.39 is 0 Å². The summed E-state index contributed by atoms with van der Waals surface area (Å²) in [6.45, 7) is 0. The Morgan fingerprint density at radius 2 is 2.22 bits per heavy atom. The second-order valence-corrected chi connectivity index (χ2v) is 4.83. The fraction of sp³-hybridized carbons (Fsp3) is 0.231. The van der Waals surface area contributed by atoms with Gasteiger partial charge < -0.3 is 9.88 Å². The smallest absolute Gasteiger partial charge is 0.250 e. The van der Waals surface area contributed by atoms with Crippen molar-refractivity contribution in [3.05, 3.63) is 51.1 Å². The van der Waals surface area contributed by atoms with E-state index in [4.69, 9.17) is 0 Å². The minimum Gasteiger partial charge on any atom is -0.325 e. The zero-order valence-electron chi connectivity index (χ0n) is 10.1. The summed E-state index contributed by atoms with van der Waals surface area (Å²) < 4.78 is 1.44. The van der Waals surface area contributed by atoms with E-state index in [0.717, 1.165) is 6.42 Å². The SMILES string of the molecule is Cn1cc(NC(=O)CCc2ccsc2)ccc1=O. The molecule has 2 aromatic rings. The third-order valence-corrected chi connectivity index (χ3v) is 3.32. The van der Waals surface area contributed by atoms with E-state index in [9.17, 15) is 9.59 Å². The summed E-state index contributed by atoms with van der Waals surface area (Å²) in [5, 5.41) is 6.82. The molecule has 0 saturated carbocycles. The zero-order chi connectivity index (χ0) is 13.0. The Labute approximate surface area is 109 Å². The molecule has 0 fully saturated rings. The number of nitrogens with zero attached hydrogens (tertiary/aromatic N) is 1. The third-order valence-electron chi connectivity index (χ3n) is 2.59. The minimum absolute atomic E-state index is 0.0418. The molecule has 2 rings (SSSR count). The van der Waals surface area contributed by atoms with Gasteiger partial charge in [0.15, 0.2) is 0 Å². The van der Waals surface area contributed by atoms with Crippen molar-refractivity contribution in [1.29, 1.82) is 0 Å². The van der Waals surface area contributed by atoms with Crippen molar-refractivity contribution in [3.8, 4) is 0 Å². The van der Waals surface area contributed by atoms with Gasteiger partial charge in [0.2, 0.25) is 11.5 Å². The van der Waals surface area contributed by atoms with Crippen molar-refractivity contribution >= 4 is 22.9 Å². The number of aryl methyl sites for hydroxylation is 2. The number of hydrogen-bond acceptors (Lipinski definition) is 3. The molecule has 18 heavy (non-hydrogen) atoms. The molecule has 5 heteroatoms. The number of nitrogens with one attached hydrogen (secondary N) is 1. The number of carbonyl (C=O) groups excluding carboxylic acids is 1. The van der Waals surface area contributed by atoms with E-state index >= 15 is 0 Å². The summed E-state index contributed by atoms with van der Waals surface area (Å²) in [7, 11) is 1.66. The lowest BCUT2D eigenvalue weighted by Gasteiger charge is -2.06. The van der Waals surface area contributed by atoms with E-state index in [-0.39, 0.29) is 11.5 Å². The summed E-state index contributed by atoms with van der Waals surface area (Å²) in [6, 6.07) is 5.07. The highest BCUT2D eigenvalue weighted by Crippen LogP contribution is 2.09. The topological polar surface area (TPSA) is 51.1 Å². The fourth-order valence-corrected chi connectivity index (χ4v) is 2.29. The highest BCUT2D eigenvalue weighted by Gasteiger charge is 2.04. The Kier molecular flexibility index (Phi) is 3.94. The van der Waals surface area contributed by atoms with E-state index in [1.807, 2.05) is 16.8 Å². The van der Waals surface area contributed by atoms with Crippen molar-refractivity contribution < 1.29 is 4.79 Å².